The molecule has 1 aliphatic rings. The molecule has 0 spiro atoms. The Morgan fingerprint density at radius 3 is 2.65 bits per heavy atom. The van der Waals surface area contributed by atoms with Crippen molar-refractivity contribution in [1.29, 1.82) is 0 Å². The highest BCUT2D eigenvalue weighted by Gasteiger charge is 2.25. The summed E-state index contributed by atoms with van der Waals surface area (Å²) >= 11 is 3.54. The number of anilines is 1. The van der Waals surface area contributed by atoms with Gasteiger partial charge in [0.2, 0.25) is 5.91 Å². The summed E-state index contributed by atoms with van der Waals surface area (Å²) in [5.74, 6) is -0.129. The predicted molar refractivity (Wildman–Crippen MR) is 85.7 cm³/mol. The Morgan fingerprint density at radius 2 is 2.10 bits per heavy atom. The Morgan fingerprint density at radius 1 is 1.45 bits per heavy atom. The Bertz CT molecular complexity index is 484. The molecule has 0 saturated carbocycles. The fourth-order valence-electron chi connectivity index (χ4n) is 2.72. The molecule has 20 heavy (non-hydrogen) atoms. The van der Waals surface area contributed by atoms with E-state index in [9.17, 15) is 4.79 Å². The van der Waals surface area contributed by atoms with Crippen LogP contribution in [0.2, 0.25) is 0 Å². The average Bonchev–Trinajstić information content (AvgIpc) is 2.46. The molecular formula is C15H22BrN3O. The zero-order chi connectivity index (χ0) is 14.7. The largest absolute Gasteiger partial charge is 0.371 e. The number of hydrogen-bond acceptors (Lipinski definition) is 3. The first-order valence-electron chi connectivity index (χ1n) is 7.04. The van der Waals surface area contributed by atoms with E-state index < -0.39 is 0 Å². The number of benzene rings is 1. The molecule has 5 heteroatoms. The van der Waals surface area contributed by atoms with Gasteiger partial charge in [-0.2, -0.15) is 0 Å². The fraction of sp³-hybridized carbons (Fsp3) is 0.533. The van der Waals surface area contributed by atoms with Gasteiger partial charge in [-0.25, -0.2) is 0 Å². The number of hydrogen-bond donors (Lipinski definition) is 2. The van der Waals surface area contributed by atoms with E-state index in [1.807, 2.05) is 7.05 Å². The monoisotopic (exact) mass is 339 g/mol. The van der Waals surface area contributed by atoms with Gasteiger partial charge in [-0.3, -0.25) is 4.79 Å². The molecule has 1 heterocycles. The highest BCUT2D eigenvalue weighted by molar-refractivity contribution is 9.10. The van der Waals surface area contributed by atoms with Crippen molar-refractivity contribution in [1.82, 2.24) is 5.32 Å². The summed E-state index contributed by atoms with van der Waals surface area (Å²) < 4.78 is 1.09. The van der Waals surface area contributed by atoms with Crippen molar-refractivity contribution in [2.75, 3.05) is 25.0 Å². The van der Waals surface area contributed by atoms with Crippen LogP contribution in [-0.4, -0.2) is 26.0 Å². The summed E-state index contributed by atoms with van der Waals surface area (Å²) in [6, 6.07) is 6.67. The zero-order valence-corrected chi connectivity index (χ0v) is 13.6. The van der Waals surface area contributed by atoms with Crippen molar-refractivity contribution < 1.29 is 4.79 Å². The summed E-state index contributed by atoms with van der Waals surface area (Å²) in [5.41, 5.74) is 7.92. The minimum atomic E-state index is -0.163. The van der Waals surface area contributed by atoms with Crippen LogP contribution >= 0.6 is 15.9 Å². The Labute approximate surface area is 128 Å². The topological polar surface area (TPSA) is 58.4 Å². The van der Waals surface area contributed by atoms with Gasteiger partial charge in [0, 0.05) is 35.2 Å². The van der Waals surface area contributed by atoms with Gasteiger partial charge in [-0.05, 0) is 50.6 Å². The number of piperidine rings is 1. The highest BCUT2D eigenvalue weighted by Crippen LogP contribution is 2.32. The normalized spacial score (nSPS) is 18.1. The maximum atomic E-state index is 11.3. The van der Waals surface area contributed by atoms with Gasteiger partial charge in [0.15, 0.2) is 0 Å². The lowest BCUT2D eigenvalue weighted by Gasteiger charge is -2.34. The lowest BCUT2D eigenvalue weighted by atomic mass is 9.95. The van der Waals surface area contributed by atoms with Gasteiger partial charge >= 0.3 is 0 Å². The molecule has 1 aromatic rings. The molecule has 110 valence electrons. The van der Waals surface area contributed by atoms with Gasteiger partial charge in [0.25, 0.3) is 0 Å². The first kappa shape index (κ1) is 15.3. The van der Waals surface area contributed by atoms with Crippen LogP contribution < -0.4 is 16.0 Å². The van der Waals surface area contributed by atoms with Gasteiger partial charge in [0.1, 0.15) is 0 Å². The van der Waals surface area contributed by atoms with Crippen LogP contribution in [0.1, 0.15) is 31.4 Å². The van der Waals surface area contributed by atoms with Crippen molar-refractivity contribution in [2.45, 2.75) is 25.8 Å². The van der Waals surface area contributed by atoms with E-state index in [0.717, 1.165) is 30.4 Å². The second-order valence-electron chi connectivity index (χ2n) is 5.38. The van der Waals surface area contributed by atoms with Crippen molar-refractivity contribution >= 4 is 27.5 Å². The molecular weight excluding hydrogens is 318 g/mol. The van der Waals surface area contributed by atoms with Crippen LogP contribution in [0.5, 0.6) is 0 Å². The first-order chi connectivity index (χ1) is 9.52. The number of rotatable bonds is 4. The van der Waals surface area contributed by atoms with Crippen LogP contribution in [0, 0.1) is 5.92 Å². The number of primary amides is 1. The molecule has 1 atom stereocenters. The maximum Gasteiger partial charge on any atom is 0.220 e. The number of nitrogens with zero attached hydrogens (tertiary/aromatic N) is 1. The molecule has 1 aromatic carbocycles. The SMILES string of the molecule is CNC(C)c1cc(Br)ccc1N1CCC(C(N)=O)CC1. The van der Waals surface area contributed by atoms with Crippen LogP contribution in [0.25, 0.3) is 0 Å². The van der Waals surface area contributed by atoms with Gasteiger partial charge in [0.05, 0.1) is 0 Å². The number of carbonyl (C=O) groups excluding carboxylic acids is 1. The Hall–Kier alpha value is -1.07. The molecule has 1 saturated heterocycles. The molecule has 4 nitrogen and oxygen atoms in total. The molecule has 1 unspecified atom stereocenters. The summed E-state index contributed by atoms with van der Waals surface area (Å²) in [6.45, 7) is 3.93. The Balaban J connectivity index is 2.19. The van der Waals surface area contributed by atoms with Gasteiger partial charge in [-0.1, -0.05) is 15.9 Å². The molecule has 1 aliphatic heterocycles. The van der Waals surface area contributed by atoms with Crippen molar-refractivity contribution in [3.63, 3.8) is 0 Å². The summed E-state index contributed by atoms with van der Waals surface area (Å²) in [4.78, 5) is 13.6. The van der Waals surface area contributed by atoms with Crippen LogP contribution in [-0.2, 0) is 4.79 Å². The molecule has 0 bridgehead atoms. The summed E-state index contributed by atoms with van der Waals surface area (Å²) in [5, 5.41) is 3.29. The number of halogens is 1. The highest BCUT2D eigenvalue weighted by atomic mass is 79.9. The number of amides is 1. The van der Waals surface area contributed by atoms with Gasteiger partial charge in [-0.15, -0.1) is 0 Å². The van der Waals surface area contributed by atoms with Crippen molar-refractivity contribution in [3.8, 4) is 0 Å². The van der Waals surface area contributed by atoms with Crippen molar-refractivity contribution in [2.24, 2.45) is 11.7 Å². The van der Waals surface area contributed by atoms with Gasteiger partial charge < -0.3 is 16.0 Å². The van der Waals surface area contributed by atoms with Crippen LogP contribution in [0.15, 0.2) is 22.7 Å². The second-order valence-corrected chi connectivity index (χ2v) is 6.29. The standard InChI is InChI=1S/C15H22BrN3O/c1-10(18-2)13-9-12(16)3-4-14(13)19-7-5-11(6-8-19)15(17)20/h3-4,9-11,18H,5-8H2,1-2H3,(H2,17,20). The molecule has 3 N–H and O–H groups in total. The number of carbonyl (C=O) groups is 1. The number of nitrogens with one attached hydrogen (secondary N) is 1. The van der Waals surface area contributed by atoms with E-state index in [1.165, 1.54) is 11.3 Å². The van der Waals surface area contributed by atoms with E-state index in [1.54, 1.807) is 0 Å². The third kappa shape index (κ3) is 3.33. The van der Waals surface area contributed by atoms with E-state index in [0.29, 0.717) is 0 Å². The summed E-state index contributed by atoms with van der Waals surface area (Å²) in [7, 11) is 1.97. The molecule has 0 aliphatic carbocycles. The van der Waals surface area contributed by atoms with Crippen LogP contribution in [0.4, 0.5) is 5.69 Å². The Kier molecular flexibility index (Phi) is 5.05. The minimum absolute atomic E-state index is 0.0341. The molecule has 1 amide bonds. The average molecular weight is 340 g/mol. The van der Waals surface area contributed by atoms with E-state index in [2.05, 4.69) is 51.3 Å². The molecule has 0 aromatic heterocycles. The van der Waals surface area contributed by atoms with Crippen molar-refractivity contribution in [3.05, 3.63) is 28.2 Å². The first-order valence-corrected chi connectivity index (χ1v) is 7.83. The minimum Gasteiger partial charge on any atom is -0.371 e. The fourth-order valence-corrected chi connectivity index (χ4v) is 3.10. The lowest BCUT2D eigenvalue weighted by molar-refractivity contribution is -0.122. The van der Waals surface area contributed by atoms with E-state index in [-0.39, 0.29) is 17.9 Å². The van der Waals surface area contributed by atoms with E-state index in [4.69, 9.17) is 5.73 Å². The lowest BCUT2D eigenvalue weighted by Crippen LogP contribution is -2.39. The third-order valence-corrected chi connectivity index (χ3v) is 4.62. The summed E-state index contributed by atoms with van der Waals surface area (Å²) in [6.07, 6.45) is 1.69. The number of nitrogens with two attached hydrogens (primary N) is 1. The predicted octanol–water partition coefficient (Wildman–Crippen LogP) is 2.43. The molecule has 0 radical (unpaired) electrons. The molecule has 1 fully saturated rings. The molecule has 2 rings (SSSR count). The quantitative estimate of drug-likeness (QED) is 0.885. The van der Waals surface area contributed by atoms with Crippen LogP contribution in [0.3, 0.4) is 0 Å². The smallest absolute Gasteiger partial charge is 0.220 e. The zero-order valence-electron chi connectivity index (χ0n) is 12.0. The maximum absolute atomic E-state index is 11.3. The van der Waals surface area contributed by atoms with E-state index >= 15 is 0 Å². The second kappa shape index (κ2) is 6.59. The third-order valence-electron chi connectivity index (χ3n) is 4.13.